The second-order valence-electron chi connectivity index (χ2n) is 5.51. The molecule has 1 aromatic rings. The van der Waals surface area contributed by atoms with E-state index < -0.39 is 17.0 Å². The minimum absolute atomic E-state index is 0.212. The molecule has 2 heterocycles. The number of carbonyl (C=O) groups excluding carboxylic acids is 2. The Labute approximate surface area is 117 Å². The van der Waals surface area contributed by atoms with Crippen LogP contribution in [-0.2, 0) is 19.1 Å². The highest BCUT2D eigenvalue weighted by atomic mass is 16.6. The molecule has 0 radical (unpaired) electrons. The van der Waals surface area contributed by atoms with Crippen molar-refractivity contribution in [1.82, 2.24) is 0 Å². The molecule has 4 heteroatoms. The van der Waals surface area contributed by atoms with Crippen LogP contribution >= 0.6 is 0 Å². The van der Waals surface area contributed by atoms with E-state index in [9.17, 15) is 9.59 Å². The van der Waals surface area contributed by atoms with Gasteiger partial charge in [-0.25, -0.2) is 4.79 Å². The van der Waals surface area contributed by atoms with Gasteiger partial charge in [0.05, 0.1) is 5.41 Å². The minimum Gasteiger partial charge on any atom is -0.466 e. The van der Waals surface area contributed by atoms with Gasteiger partial charge >= 0.3 is 5.97 Å². The lowest BCUT2D eigenvalue weighted by Crippen LogP contribution is -2.53. The van der Waals surface area contributed by atoms with Crippen LogP contribution in [0.25, 0.3) is 5.76 Å². The maximum Gasteiger partial charge on any atom is 0.359 e. The van der Waals surface area contributed by atoms with Crippen LogP contribution in [0.15, 0.2) is 36.4 Å². The van der Waals surface area contributed by atoms with E-state index in [2.05, 4.69) is 0 Å². The van der Waals surface area contributed by atoms with Gasteiger partial charge in [0.1, 0.15) is 12.4 Å². The highest BCUT2D eigenvalue weighted by molar-refractivity contribution is 6.19. The van der Waals surface area contributed by atoms with E-state index in [1.54, 1.807) is 0 Å². The zero-order valence-corrected chi connectivity index (χ0v) is 11.5. The molecule has 2 atom stereocenters. The molecule has 1 aromatic carbocycles. The zero-order valence-electron chi connectivity index (χ0n) is 11.5. The number of cyclic esters (lactones) is 1. The van der Waals surface area contributed by atoms with Crippen LogP contribution in [0.2, 0.25) is 0 Å². The highest BCUT2D eigenvalue weighted by Gasteiger charge is 2.68. The predicted octanol–water partition coefficient (Wildman–Crippen LogP) is 2.34. The number of hydrogen-bond donors (Lipinski definition) is 0. The maximum atomic E-state index is 12.5. The molecule has 0 amide bonds. The van der Waals surface area contributed by atoms with Crippen LogP contribution in [0.5, 0.6) is 0 Å². The summed E-state index contributed by atoms with van der Waals surface area (Å²) in [5.41, 5.74) is -1.35. The lowest BCUT2D eigenvalue weighted by atomic mass is 9.72. The third kappa shape index (κ3) is 1.48. The van der Waals surface area contributed by atoms with Gasteiger partial charge in [-0.05, 0) is 6.42 Å². The summed E-state index contributed by atoms with van der Waals surface area (Å²) in [5.74, 6) is -0.452. The van der Waals surface area contributed by atoms with Crippen LogP contribution in [0.4, 0.5) is 0 Å². The molecule has 0 aliphatic carbocycles. The van der Waals surface area contributed by atoms with Crippen molar-refractivity contribution in [3.63, 3.8) is 0 Å². The van der Waals surface area contributed by atoms with Gasteiger partial charge in [-0.15, -0.1) is 0 Å². The summed E-state index contributed by atoms with van der Waals surface area (Å²) in [6.45, 7) is 4.00. The van der Waals surface area contributed by atoms with E-state index in [0.717, 1.165) is 5.56 Å². The lowest BCUT2D eigenvalue weighted by Gasteiger charge is -2.33. The number of hydrogen-bond acceptors (Lipinski definition) is 4. The van der Waals surface area contributed by atoms with Crippen molar-refractivity contribution >= 4 is 17.5 Å². The summed E-state index contributed by atoms with van der Waals surface area (Å²) in [7, 11) is 0. The Hall–Kier alpha value is -2.10. The van der Waals surface area contributed by atoms with Gasteiger partial charge in [0, 0.05) is 11.6 Å². The first-order valence-corrected chi connectivity index (χ1v) is 6.71. The van der Waals surface area contributed by atoms with Gasteiger partial charge < -0.3 is 9.47 Å². The van der Waals surface area contributed by atoms with Crippen molar-refractivity contribution in [2.24, 2.45) is 5.41 Å². The van der Waals surface area contributed by atoms with Crippen molar-refractivity contribution in [2.75, 3.05) is 6.61 Å². The van der Waals surface area contributed by atoms with Gasteiger partial charge in [0.2, 0.25) is 5.78 Å². The zero-order chi connectivity index (χ0) is 14.4. The van der Waals surface area contributed by atoms with Crippen LogP contribution in [-0.4, -0.2) is 24.0 Å². The first-order valence-electron chi connectivity index (χ1n) is 6.71. The molecule has 2 aliphatic heterocycles. The van der Waals surface area contributed by atoms with E-state index in [0.29, 0.717) is 12.2 Å². The number of ether oxygens (including phenoxy) is 2. The minimum atomic E-state index is -1.51. The third-order valence-electron chi connectivity index (χ3n) is 4.37. The molecule has 20 heavy (non-hydrogen) atoms. The Morgan fingerprint density at radius 2 is 1.90 bits per heavy atom. The fourth-order valence-electron chi connectivity index (χ4n) is 2.80. The van der Waals surface area contributed by atoms with Crippen molar-refractivity contribution in [3.8, 4) is 0 Å². The van der Waals surface area contributed by atoms with Gasteiger partial charge in [-0.1, -0.05) is 44.2 Å². The molecule has 0 N–H and O–H groups in total. The average Bonchev–Trinajstić information content (AvgIpc) is 2.95. The smallest absolute Gasteiger partial charge is 0.359 e. The third-order valence-corrected chi connectivity index (χ3v) is 4.37. The average molecular weight is 272 g/mol. The fourth-order valence-corrected chi connectivity index (χ4v) is 2.80. The molecule has 0 unspecified atom stereocenters. The second kappa shape index (κ2) is 4.20. The molecule has 3 rings (SSSR count). The Morgan fingerprint density at radius 1 is 1.20 bits per heavy atom. The van der Waals surface area contributed by atoms with E-state index in [1.807, 2.05) is 44.2 Å². The maximum absolute atomic E-state index is 12.5. The summed E-state index contributed by atoms with van der Waals surface area (Å²) < 4.78 is 11.0. The molecule has 0 bridgehead atoms. The molecule has 2 aliphatic rings. The van der Waals surface area contributed by atoms with Gasteiger partial charge in [-0.3, -0.25) is 4.79 Å². The molecule has 1 saturated heterocycles. The molecule has 0 saturated carbocycles. The standard InChI is InChI=1S/C16H16O4/c1-3-15(2)10-19-14(18)16(15)13(17)9-12(20-16)11-7-5-4-6-8-11/h4-9H,3,10H2,1-2H3/t15-,16-/m1/s1. The molecular weight excluding hydrogens is 256 g/mol. The summed E-state index contributed by atoms with van der Waals surface area (Å²) in [6, 6.07) is 9.31. The number of esters is 1. The Morgan fingerprint density at radius 3 is 2.55 bits per heavy atom. The monoisotopic (exact) mass is 272 g/mol. The summed E-state index contributed by atoms with van der Waals surface area (Å²) >= 11 is 0. The van der Waals surface area contributed by atoms with E-state index in [1.165, 1.54) is 6.08 Å². The summed E-state index contributed by atoms with van der Waals surface area (Å²) in [4.78, 5) is 24.6. The van der Waals surface area contributed by atoms with E-state index >= 15 is 0 Å². The number of ketones is 1. The molecular formula is C16H16O4. The van der Waals surface area contributed by atoms with E-state index in [4.69, 9.17) is 9.47 Å². The molecule has 0 aromatic heterocycles. The number of carbonyl (C=O) groups is 2. The molecule has 1 spiro atoms. The summed E-state index contributed by atoms with van der Waals surface area (Å²) in [5, 5.41) is 0. The van der Waals surface area contributed by atoms with Crippen molar-refractivity contribution in [1.29, 1.82) is 0 Å². The Balaban J connectivity index is 2.03. The van der Waals surface area contributed by atoms with Crippen molar-refractivity contribution < 1.29 is 19.1 Å². The van der Waals surface area contributed by atoms with Gasteiger partial charge in [0.15, 0.2) is 0 Å². The van der Waals surface area contributed by atoms with Crippen LogP contribution in [0.3, 0.4) is 0 Å². The van der Waals surface area contributed by atoms with Crippen LogP contribution < -0.4 is 0 Å². The first-order chi connectivity index (χ1) is 9.53. The highest BCUT2D eigenvalue weighted by Crippen LogP contribution is 2.50. The molecule has 104 valence electrons. The lowest BCUT2D eigenvalue weighted by molar-refractivity contribution is -0.159. The second-order valence-corrected chi connectivity index (χ2v) is 5.51. The van der Waals surface area contributed by atoms with Crippen molar-refractivity contribution in [2.45, 2.75) is 25.9 Å². The van der Waals surface area contributed by atoms with Gasteiger partial charge in [-0.2, -0.15) is 0 Å². The molecule has 4 nitrogen and oxygen atoms in total. The number of benzene rings is 1. The Kier molecular flexibility index (Phi) is 2.71. The van der Waals surface area contributed by atoms with E-state index in [-0.39, 0.29) is 12.4 Å². The first kappa shape index (κ1) is 12.9. The van der Waals surface area contributed by atoms with Crippen LogP contribution in [0.1, 0.15) is 25.8 Å². The van der Waals surface area contributed by atoms with Gasteiger partial charge in [0.25, 0.3) is 5.60 Å². The Bertz CT molecular complexity index is 604. The molecule has 1 fully saturated rings. The summed E-state index contributed by atoms with van der Waals surface area (Å²) in [6.07, 6.45) is 2.04. The fraction of sp³-hybridized carbons (Fsp3) is 0.375. The number of rotatable bonds is 2. The normalized spacial score (nSPS) is 32.2. The SMILES string of the molecule is CC[C@]1(C)COC(=O)[C@@]12OC(c1ccccc1)=CC2=O. The largest absolute Gasteiger partial charge is 0.466 e. The van der Waals surface area contributed by atoms with Crippen LogP contribution in [0, 0.1) is 5.41 Å². The quantitative estimate of drug-likeness (QED) is 0.612. The van der Waals surface area contributed by atoms with Crippen molar-refractivity contribution in [3.05, 3.63) is 42.0 Å². The topological polar surface area (TPSA) is 52.6 Å². The predicted molar refractivity (Wildman–Crippen MR) is 72.6 cm³/mol.